The van der Waals surface area contributed by atoms with Crippen LogP contribution in [0.25, 0.3) is 0 Å². The zero-order valence-corrected chi connectivity index (χ0v) is 16.2. The quantitative estimate of drug-likeness (QED) is 0.320. The van der Waals surface area contributed by atoms with Crippen molar-refractivity contribution < 1.29 is 9.66 Å². The number of hydrogen-bond acceptors (Lipinski definition) is 3. The molecular formula is C13H16Br3NO3. The highest BCUT2D eigenvalue weighted by Gasteiger charge is 2.25. The highest BCUT2D eigenvalue weighted by molar-refractivity contribution is 9.11. The highest BCUT2D eigenvalue weighted by Crippen LogP contribution is 2.38. The maximum atomic E-state index is 10.8. The number of hydrogen-bond donors (Lipinski definition) is 0. The predicted molar refractivity (Wildman–Crippen MR) is 90.7 cm³/mol. The SMILES string of the molecule is CC(C)(C)C(CBr)COc1c(Br)cc([N+](=O)[O-])cc1Br. The first-order chi connectivity index (χ1) is 9.16. The lowest BCUT2D eigenvalue weighted by molar-refractivity contribution is -0.385. The molecule has 0 aliphatic heterocycles. The van der Waals surface area contributed by atoms with E-state index in [9.17, 15) is 10.1 Å². The van der Waals surface area contributed by atoms with Crippen LogP contribution >= 0.6 is 47.8 Å². The summed E-state index contributed by atoms with van der Waals surface area (Å²) < 4.78 is 6.98. The number of nitro groups is 1. The maximum Gasteiger partial charge on any atom is 0.271 e. The van der Waals surface area contributed by atoms with Crippen LogP contribution in [0, 0.1) is 21.4 Å². The molecule has 0 aliphatic rings. The molecule has 0 N–H and O–H groups in total. The zero-order chi connectivity index (χ0) is 15.5. The monoisotopic (exact) mass is 471 g/mol. The van der Waals surface area contributed by atoms with Crippen molar-refractivity contribution in [2.45, 2.75) is 20.8 Å². The van der Waals surface area contributed by atoms with Crippen molar-refractivity contribution in [3.05, 3.63) is 31.2 Å². The number of nitrogens with zero attached hydrogens (tertiary/aromatic N) is 1. The van der Waals surface area contributed by atoms with Gasteiger partial charge in [-0.15, -0.1) is 0 Å². The summed E-state index contributed by atoms with van der Waals surface area (Å²) in [6, 6.07) is 2.89. The molecule has 0 amide bonds. The number of halogens is 3. The van der Waals surface area contributed by atoms with Gasteiger partial charge in [-0.3, -0.25) is 10.1 Å². The molecule has 0 spiro atoms. The average molecular weight is 474 g/mol. The van der Waals surface area contributed by atoms with E-state index in [0.717, 1.165) is 5.33 Å². The Morgan fingerprint density at radius 2 is 1.80 bits per heavy atom. The van der Waals surface area contributed by atoms with Gasteiger partial charge in [0.1, 0.15) is 5.75 Å². The Morgan fingerprint density at radius 3 is 2.15 bits per heavy atom. The lowest BCUT2D eigenvalue weighted by Gasteiger charge is -2.29. The maximum absolute atomic E-state index is 10.8. The molecule has 1 aromatic carbocycles. The van der Waals surface area contributed by atoms with Crippen molar-refractivity contribution in [2.24, 2.45) is 11.3 Å². The standard InChI is InChI=1S/C13H16Br3NO3/c1-13(2,3)8(6-14)7-20-12-10(15)4-9(17(18)19)5-11(12)16/h4-5,8H,6-7H2,1-3H3. The fourth-order valence-electron chi connectivity index (χ4n) is 1.50. The van der Waals surface area contributed by atoms with E-state index in [1.54, 1.807) is 0 Å². The number of alkyl halides is 1. The lowest BCUT2D eigenvalue weighted by atomic mass is 9.83. The summed E-state index contributed by atoms with van der Waals surface area (Å²) in [5, 5.41) is 11.6. The molecule has 1 rings (SSSR count). The van der Waals surface area contributed by atoms with Crippen LogP contribution in [0.2, 0.25) is 0 Å². The third-order valence-electron chi connectivity index (χ3n) is 3.03. The van der Waals surface area contributed by atoms with E-state index in [0.29, 0.717) is 27.2 Å². The Kier molecular flexibility index (Phi) is 6.47. The van der Waals surface area contributed by atoms with Gasteiger partial charge in [0.05, 0.1) is 20.5 Å². The smallest absolute Gasteiger partial charge is 0.271 e. The summed E-state index contributed by atoms with van der Waals surface area (Å²) in [7, 11) is 0. The highest BCUT2D eigenvalue weighted by atomic mass is 79.9. The molecule has 20 heavy (non-hydrogen) atoms. The third kappa shape index (κ3) is 4.70. The molecule has 1 unspecified atom stereocenters. The number of non-ortho nitro benzene ring substituents is 1. The minimum Gasteiger partial charge on any atom is -0.491 e. The van der Waals surface area contributed by atoms with Crippen LogP contribution < -0.4 is 4.74 Å². The van der Waals surface area contributed by atoms with Crippen LogP contribution in [0.5, 0.6) is 5.75 Å². The molecular weight excluding hydrogens is 458 g/mol. The molecule has 0 bridgehead atoms. The first kappa shape index (κ1) is 17.9. The minimum atomic E-state index is -0.435. The summed E-state index contributed by atoms with van der Waals surface area (Å²) >= 11 is 10.1. The molecule has 7 heteroatoms. The fourth-order valence-corrected chi connectivity index (χ4v) is 4.05. The second-order valence-electron chi connectivity index (χ2n) is 5.52. The number of nitro benzene ring substituents is 1. The van der Waals surface area contributed by atoms with Crippen molar-refractivity contribution in [3.8, 4) is 5.75 Å². The summed E-state index contributed by atoms with van der Waals surface area (Å²) in [6.45, 7) is 7.00. The fraction of sp³-hybridized carbons (Fsp3) is 0.538. The largest absolute Gasteiger partial charge is 0.491 e. The summed E-state index contributed by atoms with van der Waals surface area (Å²) in [5.41, 5.74) is 0.132. The molecule has 0 aromatic heterocycles. The zero-order valence-electron chi connectivity index (χ0n) is 11.5. The molecule has 0 fully saturated rings. The van der Waals surface area contributed by atoms with Gasteiger partial charge >= 0.3 is 0 Å². The van der Waals surface area contributed by atoms with E-state index in [2.05, 4.69) is 68.6 Å². The Labute approximate surface area is 143 Å². The molecule has 0 radical (unpaired) electrons. The van der Waals surface area contributed by atoms with Gasteiger partial charge in [0.25, 0.3) is 5.69 Å². The van der Waals surface area contributed by atoms with Crippen LogP contribution in [0.1, 0.15) is 20.8 Å². The average Bonchev–Trinajstić information content (AvgIpc) is 2.30. The Hall–Kier alpha value is -0.140. The van der Waals surface area contributed by atoms with Gasteiger partial charge < -0.3 is 4.74 Å². The molecule has 0 saturated heterocycles. The first-order valence-corrected chi connectivity index (χ1v) is 8.69. The van der Waals surface area contributed by atoms with Gasteiger partial charge in [-0.1, -0.05) is 36.7 Å². The summed E-state index contributed by atoms with van der Waals surface area (Å²) in [5.74, 6) is 0.919. The van der Waals surface area contributed by atoms with Gasteiger partial charge in [-0.2, -0.15) is 0 Å². The van der Waals surface area contributed by atoms with Gasteiger partial charge in [0.2, 0.25) is 0 Å². The van der Waals surface area contributed by atoms with Crippen LogP contribution in [-0.4, -0.2) is 16.9 Å². The molecule has 112 valence electrons. The minimum absolute atomic E-state index is 0.0176. The summed E-state index contributed by atoms with van der Waals surface area (Å²) in [4.78, 5) is 10.3. The topological polar surface area (TPSA) is 52.4 Å². The predicted octanol–water partition coefficient (Wildman–Crippen LogP) is 5.56. The van der Waals surface area contributed by atoms with Crippen molar-refractivity contribution in [2.75, 3.05) is 11.9 Å². The van der Waals surface area contributed by atoms with E-state index < -0.39 is 4.92 Å². The molecule has 1 aromatic rings. The van der Waals surface area contributed by atoms with Crippen LogP contribution in [0.3, 0.4) is 0 Å². The van der Waals surface area contributed by atoms with Gasteiger partial charge in [0.15, 0.2) is 0 Å². The second kappa shape index (κ2) is 7.22. The van der Waals surface area contributed by atoms with E-state index in [-0.39, 0.29) is 11.1 Å². The number of ether oxygens (including phenoxy) is 1. The van der Waals surface area contributed by atoms with E-state index in [1.165, 1.54) is 12.1 Å². The summed E-state index contributed by atoms with van der Waals surface area (Å²) in [6.07, 6.45) is 0. The van der Waals surface area contributed by atoms with Gasteiger partial charge in [-0.05, 0) is 37.3 Å². The second-order valence-corrected chi connectivity index (χ2v) is 7.88. The van der Waals surface area contributed by atoms with Gasteiger partial charge in [0, 0.05) is 23.4 Å². The van der Waals surface area contributed by atoms with E-state index >= 15 is 0 Å². The lowest BCUT2D eigenvalue weighted by Crippen LogP contribution is -2.28. The normalized spacial score (nSPS) is 13.1. The Morgan fingerprint density at radius 1 is 1.30 bits per heavy atom. The van der Waals surface area contributed by atoms with Gasteiger partial charge in [-0.25, -0.2) is 0 Å². The molecule has 0 saturated carbocycles. The number of benzene rings is 1. The molecule has 0 aliphatic carbocycles. The molecule has 1 atom stereocenters. The van der Waals surface area contributed by atoms with Crippen LogP contribution in [-0.2, 0) is 0 Å². The Balaban J connectivity index is 2.91. The molecule has 4 nitrogen and oxygen atoms in total. The van der Waals surface area contributed by atoms with Crippen LogP contribution in [0.4, 0.5) is 5.69 Å². The first-order valence-electron chi connectivity index (χ1n) is 5.99. The van der Waals surface area contributed by atoms with Crippen molar-refractivity contribution in [1.82, 2.24) is 0 Å². The van der Waals surface area contributed by atoms with Crippen molar-refractivity contribution >= 4 is 53.5 Å². The van der Waals surface area contributed by atoms with Crippen molar-refractivity contribution in [1.29, 1.82) is 0 Å². The van der Waals surface area contributed by atoms with Crippen LogP contribution in [0.15, 0.2) is 21.1 Å². The third-order valence-corrected chi connectivity index (χ3v) is 4.99. The number of rotatable bonds is 5. The van der Waals surface area contributed by atoms with E-state index in [1.807, 2.05) is 0 Å². The van der Waals surface area contributed by atoms with E-state index in [4.69, 9.17) is 4.74 Å². The Bertz CT molecular complexity index is 477. The molecule has 0 heterocycles. The van der Waals surface area contributed by atoms with Crippen molar-refractivity contribution in [3.63, 3.8) is 0 Å².